The van der Waals surface area contributed by atoms with Crippen molar-refractivity contribution in [2.75, 3.05) is 31.4 Å². The Bertz CT molecular complexity index is 2600. The van der Waals surface area contributed by atoms with Crippen LogP contribution in [0.5, 0.6) is 17.2 Å². The Morgan fingerprint density at radius 2 is 1.43 bits per heavy atom. The van der Waals surface area contributed by atoms with E-state index in [2.05, 4.69) is 29.8 Å². The highest BCUT2D eigenvalue weighted by molar-refractivity contribution is 7.22. The van der Waals surface area contributed by atoms with E-state index in [0.717, 1.165) is 39.6 Å². The molecule has 15 nitrogen and oxygen atoms in total. The maximum Gasteiger partial charge on any atom is 0.343 e. The van der Waals surface area contributed by atoms with E-state index in [1.165, 1.54) is 34.7 Å². The second-order valence-corrected chi connectivity index (χ2v) is 17.6. The standard InChI is InChI=1S/C53H57N3O12S/c1-9-46(57)56(51-55-43-17-13-14-18-45(43)69-51)54-32-39-31-38(36-19-26-41(27-20-36)67-52(5,6)35-53(7,8)68-49(60)12-4)23-28-44(39)66-50(61)37-21-24-40(25-22-37)64-34-42(65-48(59)11-3)33-62-29-15-16-30-63-47(58)10-2/h10-14,17-28,31-32,42H,2-4,9,15-16,29-30,33-35H2,1,5-8H3/b54-32+. The number of thiazole rings is 1. The number of carbonyl (C=O) groups is 5. The molecule has 0 aliphatic heterocycles. The summed E-state index contributed by atoms with van der Waals surface area (Å²) in [7, 11) is 0. The summed E-state index contributed by atoms with van der Waals surface area (Å²) in [6.07, 6.45) is 5.72. The maximum absolute atomic E-state index is 13.7. The zero-order valence-electron chi connectivity index (χ0n) is 39.5. The maximum atomic E-state index is 13.7. The van der Waals surface area contributed by atoms with E-state index in [1.807, 2.05) is 76.2 Å². The van der Waals surface area contributed by atoms with Crippen molar-refractivity contribution in [2.24, 2.45) is 5.10 Å². The van der Waals surface area contributed by atoms with Crippen molar-refractivity contribution < 1.29 is 57.1 Å². The second-order valence-electron chi connectivity index (χ2n) is 16.6. The number of nitrogens with zero attached hydrogens (tertiary/aromatic N) is 3. The molecule has 0 aliphatic carbocycles. The fraction of sp³-hybridized carbons (Fsp3) is 0.302. The Kier molecular flexibility index (Phi) is 19.1. The van der Waals surface area contributed by atoms with Crippen molar-refractivity contribution in [3.63, 3.8) is 0 Å². The Morgan fingerprint density at radius 1 is 0.768 bits per heavy atom. The van der Waals surface area contributed by atoms with Gasteiger partial charge in [0.05, 0.1) is 35.2 Å². The number of hydrogen-bond acceptors (Lipinski definition) is 15. The Balaban J connectivity index is 1.33. The van der Waals surface area contributed by atoms with Crippen LogP contribution in [0.3, 0.4) is 0 Å². The monoisotopic (exact) mass is 959 g/mol. The second kappa shape index (κ2) is 25.1. The number of benzene rings is 4. The average Bonchev–Trinajstić information content (AvgIpc) is 3.76. The van der Waals surface area contributed by atoms with Crippen LogP contribution in [0.2, 0.25) is 0 Å². The number of rotatable bonds is 26. The summed E-state index contributed by atoms with van der Waals surface area (Å²) in [6, 6.07) is 26.5. The van der Waals surface area contributed by atoms with Gasteiger partial charge in [-0.15, -0.1) is 0 Å². The third-order valence-corrected chi connectivity index (χ3v) is 10.9. The van der Waals surface area contributed by atoms with Crippen molar-refractivity contribution in [3.8, 4) is 28.4 Å². The van der Waals surface area contributed by atoms with Crippen LogP contribution in [0.1, 0.15) is 76.2 Å². The van der Waals surface area contributed by atoms with Crippen LogP contribution >= 0.6 is 11.3 Å². The molecule has 0 aliphatic rings. The van der Waals surface area contributed by atoms with E-state index in [0.29, 0.717) is 48.1 Å². The first kappa shape index (κ1) is 52.5. The lowest BCUT2D eigenvalue weighted by atomic mass is 9.92. The van der Waals surface area contributed by atoms with Crippen LogP contribution in [-0.2, 0) is 38.1 Å². The van der Waals surface area contributed by atoms with Crippen LogP contribution in [0.25, 0.3) is 21.3 Å². The van der Waals surface area contributed by atoms with Gasteiger partial charge in [0, 0.05) is 43.2 Å². The molecule has 1 atom stereocenters. The average molecular weight is 960 g/mol. The minimum Gasteiger partial charge on any atom is -0.490 e. The zero-order valence-corrected chi connectivity index (χ0v) is 40.3. The van der Waals surface area contributed by atoms with E-state index >= 15 is 0 Å². The van der Waals surface area contributed by atoms with E-state index < -0.39 is 41.2 Å². The van der Waals surface area contributed by atoms with Crippen LogP contribution in [0.4, 0.5) is 5.13 Å². The normalized spacial score (nSPS) is 11.8. The van der Waals surface area contributed by atoms with E-state index in [1.54, 1.807) is 37.3 Å². The van der Waals surface area contributed by atoms with Crippen LogP contribution in [0, 0.1) is 0 Å². The summed E-state index contributed by atoms with van der Waals surface area (Å²) in [5, 5.41) is 6.23. The van der Waals surface area contributed by atoms with Crippen molar-refractivity contribution in [3.05, 3.63) is 140 Å². The smallest absolute Gasteiger partial charge is 0.343 e. The number of esters is 4. The first-order valence-electron chi connectivity index (χ1n) is 22.2. The molecule has 362 valence electrons. The largest absolute Gasteiger partial charge is 0.490 e. The van der Waals surface area contributed by atoms with Crippen molar-refractivity contribution in [1.82, 2.24) is 4.98 Å². The Hall–Kier alpha value is -7.43. The molecule has 1 aromatic heterocycles. The molecule has 0 saturated heterocycles. The van der Waals surface area contributed by atoms with Gasteiger partial charge in [0.2, 0.25) is 11.0 Å². The molecule has 1 unspecified atom stereocenters. The molecule has 16 heteroatoms. The number of unbranched alkanes of at least 4 members (excludes halogenated alkanes) is 1. The zero-order chi connectivity index (χ0) is 50.0. The van der Waals surface area contributed by atoms with Gasteiger partial charge < -0.3 is 33.2 Å². The van der Waals surface area contributed by atoms with Gasteiger partial charge in [-0.2, -0.15) is 10.1 Å². The third kappa shape index (κ3) is 16.4. The lowest BCUT2D eigenvalue weighted by Gasteiger charge is -2.34. The number of hydrazone groups is 1. The van der Waals surface area contributed by atoms with E-state index in [-0.39, 0.29) is 43.5 Å². The van der Waals surface area contributed by atoms with Gasteiger partial charge in [-0.05, 0) is 112 Å². The highest BCUT2D eigenvalue weighted by Crippen LogP contribution is 2.33. The van der Waals surface area contributed by atoms with Gasteiger partial charge in [0.25, 0.3) is 0 Å². The highest BCUT2D eigenvalue weighted by atomic mass is 32.1. The third-order valence-electron chi connectivity index (χ3n) is 9.88. The predicted octanol–water partition coefficient (Wildman–Crippen LogP) is 10.0. The predicted molar refractivity (Wildman–Crippen MR) is 265 cm³/mol. The minimum atomic E-state index is -0.805. The molecule has 0 bridgehead atoms. The molecule has 5 aromatic rings. The molecule has 0 saturated carbocycles. The van der Waals surface area contributed by atoms with Crippen molar-refractivity contribution >= 4 is 62.7 Å². The topological polar surface area (TPSA) is 178 Å². The van der Waals surface area contributed by atoms with Crippen LogP contribution in [-0.4, -0.2) is 84.7 Å². The summed E-state index contributed by atoms with van der Waals surface area (Å²) >= 11 is 1.32. The number of anilines is 1. The molecule has 69 heavy (non-hydrogen) atoms. The first-order chi connectivity index (χ1) is 33.0. The van der Waals surface area contributed by atoms with E-state index in [9.17, 15) is 24.0 Å². The molecular weight excluding hydrogens is 903 g/mol. The van der Waals surface area contributed by atoms with Crippen LogP contribution in [0.15, 0.2) is 134 Å². The number of amides is 1. The van der Waals surface area contributed by atoms with Gasteiger partial charge in [0.1, 0.15) is 35.1 Å². The minimum absolute atomic E-state index is 0.0422. The van der Waals surface area contributed by atoms with Gasteiger partial charge in [0.15, 0.2) is 6.10 Å². The van der Waals surface area contributed by atoms with Crippen LogP contribution < -0.4 is 19.2 Å². The molecule has 4 aromatic carbocycles. The highest BCUT2D eigenvalue weighted by Gasteiger charge is 2.33. The number of carbonyl (C=O) groups excluding carboxylic acids is 5. The van der Waals surface area contributed by atoms with Gasteiger partial charge in [-0.25, -0.2) is 24.2 Å². The molecule has 0 N–H and O–H groups in total. The first-order valence-corrected chi connectivity index (χ1v) is 23.0. The van der Waals surface area contributed by atoms with Gasteiger partial charge >= 0.3 is 23.9 Å². The summed E-state index contributed by atoms with van der Waals surface area (Å²) in [5.74, 6) is -1.45. The van der Waals surface area contributed by atoms with Gasteiger partial charge in [-0.3, -0.25) is 4.79 Å². The summed E-state index contributed by atoms with van der Waals surface area (Å²) in [6.45, 7) is 20.0. The number of para-hydroxylation sites is 1. The van der Waals surface area contributed by atoms with Gasteiger partial charge in [-0.1, -0.05) is 68.3 Å². The lowest BCUT2D eigenvalue weighted by molar-refractivity contribution is -0.154. The number of ether oxygens (including phenoxy) is 7. The molecule has 5 rings (SSSR count). The van der Waals surface area contributed by atoms with Crippen molar-refractivity contribution in [2.45, 2.75) is 77.6 Å². The Morgan fingerprint density at radius 3 is 2.12 bits per heavy atom. The van der Waals surface area contributed by atoms with Crippen molar-refractivity contribution in [1.29, 1.82) is 0 Å². The van der Waals surface area contributed by atoms with E-state index in [4.69, 9.17) is 33.2 Å². The quantitative estimate of drug-likeness (QED) is 0.00973. The summed E-state index contributed by atoms with van der Waals surface area (Å²) in [5.41, 5.74) is 1.39. The summed E-state index contributed by atoms with van der Waals surface area (Å²) in [4.78, 5) is 66.8. The molecular formula is C53H57N3O12S. The lowest BCUT2D eigenvalue weighted by Crippen LogP contribution is -2.40. The SMILES string of the molecule is C=CC(=O)OCCCCOCC(COc1ccc(C(=O)Oc2ccc(-c3ccc(OC(C)(C)CC(C)(C)OC(=O)C=C)cc3)cc2/C=N/N(C(=O)CC)c2nc3ccccc3s2)cc1)OC(=O)C=C. The fourth-order valence-electron chi connectivity index (χ4n) is 6.92. The number of aromatic nitrogens is 1. The number of hydrogen-bond donors (Lipinski definition) is 0. The molecule has 1 amide bonds. The summed E-state index contributed by atoms with van der Waals surface area (Å²) < 4.78 is 40.6. The molecule has 0 fully saturated rings. The molecule has 0 spiro atoms. The molecule has 1 heterocycles. The molecule has 0 radical (unpaired) electrons. The Labute approximate surface area is 406 Å². The fourth-order valence-corrected chi connectivity index (χ4v) is 7.87. The number of fused-ring (bicyclic) bond motifs is 1.